The Morgan fingerprint density at radius 1 is 1.47 bits per heavy atom. The van der Waals surface area contributed by atoms with Crippen LogP contribution in [0.25, 0.3) is 11.5 Å². The molecular weight excluding hydrogens is 304 g/mol. The van der Waals surface area contributed by atoms with Gasteiger partial charge in [0.05, 0.1) is 5.38 Å². The van der Waals surface area contributed by atoms with Gasteiger partial charge in [0.1, 0.15) is 0 Å². The van der Waals surface area contributed by atoms with Crippen molar-refractivity contribution in [3.05, 3.63) is 34.6 Å². The molecule has 0 bridgehead atoms. The van der Waals surface area contributed by atoms with E-state index >= 15 is 0 Å². The Morgan fingerprint density at radius 2 is 2.29 bits per heavy atom. The van der Waals surface area contributed by atoms with Gasteiger partial charge >= 0.3 is 0 Å². The quantitative estimate of drug-likeness (QED) is 0.775. The number of benzene rings is 1. The van der Waals surface area contributed by atoms with Crippen molar-refractivity contribution in [2.24, 2.45) is 0 Å². The zero-order valence-electron chi connectivity index (χ0n) is 9.36. The highest BCUT2D eigenvalue weighted by Crippen LogP contribution is 2.26. The number of hydrogen-bond acceptors (Lipinski definition) is 3. The van der Waals surface area contributed by atoms with Gasteiger partial charge in [-0.2, -0.15) is 4.98 Å². The van der Waals surface area contributed by atoms with Crippen LogP contribution in [-0.4, -0.2) is 10.1 Å². The summed E-state index contributed by atoms with van der Waals surface area (Å²) in [7, 11) is 0. The lowest BCUT2D eigenvalue weighted by molar-refractivity contribution is 0.420. The van der Waals surface area contributed by atoms with Crippen molar-refractivity contribution < 1.29 is 4.52 Å². The molecular formula is C12H12BrClN2O. The summed E-state index contributed by atoms with van der Waals surface area (Å²) in [6.07, 6.45) is 1.84. The van der Waals surface area contributed by atoms with Crippen LogP contribution in [-0.2, 0) is 0 Å². The van der Waals surface area contributed by atoms with Crippen LogP contribution in [0.4, 0.5) is 0 Å². The fourth-order valence-corrected chi connectivity index (χ4v) is 2.19. The van der Waals surface area contributed by atoms with Gasteiger partial charge in [-0.05, 0) is 24.6 Å². The molecule has 2 rings (SSSR count). The molecule has 0 N–H and O–H groups in total. The first-order chi connectivity index (χ1) is 8.20. The first kappa shape index (κ1) is 12.6. The summed E-state index contributed by atoms with van der Waals surface area (Å²) < 4.78 is 6.18. The molecule has 2 aromatic rings. The number of halogens is 2. The molecule has 1 unspecified atom stereocenters. The van der Waals surface area contributed by atoms with E-state index in [0.717, 1.165) is 22.9 Å². The van der Waals surface area contributed by atoms with E-state index in [0.29, 0.717) is 11.7 Å². The molecule has 0 aliphatic rings. The van der Waals surface area contributed by atoms with Gasteiger partial charge in [0.25, 0.3) is 5.89 Å². The second-order valence-electron chi connectivity index (χ2n) is 3.72. The van der Waals surface area contributed by atoms with Gasteiger partial charge in [-0.1, -0.05) is 40.5 Å². The summed E-state index contributed by atoms with van der Waals surface area (Å²) in [5, 5.41) is 3.73. The predicted molar refractivity (Wildman–Crippen MR) is 70.9 cm³/mol. The molecule has 0 saturated carbocycles. The highest BCUT2D eigenvalue weighted by molar-refractivity contribution is 9.10. The standard InChI is InChI=1S/C12H12BrClN2O/c1-2-4-10(14)11-15-12(17-16-11)8-5-3-6-9(13)7-8/h3,5-7,10H,2,4H2,1H3. The van der Waals surface area contributed by atoms with E-state index in [9.17, 15) is 0 Å². The minimum Gasteiger partial charge on any atom is -0.334 e. The lowest BCUT2D eigenvalue weighted by Gasteiger charge is -1.99. The molecule has 1 atom stereocenters. The molecule has 1 heterocycles. The smallest absolute Gasteiger partial charge is 0.258 e. The number of hydrogen-bond donors (Lipinski definition) is 0. The molecule has 0 radical (unpaired) electrons. The molecule has 17 heavy (non-hydrogen) atoms. The summed E-state index contributed by atoms with van der Waals surface area (Å²) >= 11 is 9.55. The lowest BCUT2D eigenvalue weighted by Crippen LogP contribution is -1.92. The minimum absolute atomic E-state index is 0.176. The number of nitrogens with zero attached hydrogens (tertiary/aromatic N) is 2. The summed E-state index contributed by atoms with van der Waals surface area (Å²) in [5.41, 5.74) is 0.887. The fourth-order valence-electron chi connectivity index (χ4n) is 1.48. The first-order valence-electron chi connectivity index (χ1n) is 5.44. The Bertz CT molecular complexity index is 501. The Kier molecular flexibility index (Phi) is 4.18. The molecule has 1 aromatic carbocycles. The Labute approximate surface area is 113 Å². The van der Waals surface area contributed by atoms with Crippen molar-refractivity contribution in [2.75, 3.05) is 0 Å². The normalized spacial score (nSPS) is 12.6. The van der Waals surface area contributed by atoms with Gasteiger partial charge in [0, 0.05) is 10.0 Å². The SMILES string of the molecule is CCCC(Cl)c1noc(-c2cccc(Br)c2)n1. The van der Waals surface area contributed by atoms with Gasteiger partial charge in [-0.25, -0.2) is 0 Å². The molecule has 0 saturated heterocycles. The van der Waals surface area contributed by atoms with E-state index in [2.05, 4.69) is 33.0 Å². The number of alkyl halides is 1. The van der Waals surface area contributed by atoms with E-state index in [-0.39, 0.29) is 5.38 Å². The molecule has 1 aromatic heterocycles. The predicted octanol–water partition coefficient (Wildman–Crippen LogP) is 4.58. The Morgan fingerprint density at radius 3 is 3.00 bits per heavy atom. The zero-order chi connectivity index (χ0) is 12.3. The molecule has 5 heteroatoms. The van der Waals surface area contributed by atoms with Crippen LogP contribution in [0.2, 0.25) is 0 Å². The van der Waals surface area contributed by atoms with Crippen molar-refractivity contribution in [2.45, 2.75) is 25.1 Å². The largest absolute Gasteiger partial charge is 0.334 e. The minimum atomic E-state index is -0.176. The van der Waals surface area contributed by atoms with E-state index in [1.165, 1.54) is 0 Å². The van der Waals surface area contributed by atoms with Gasteiger partial charge in [-0.15, -0.1) is 11.6 Å². The van der Waals surface area contributed by atoms with E-state index in [4.69, 9.17) is 16.1 Å². The first-order valence-corrected chi connectivity index (χ1v) is 6.67. The third kappa shape index (κ3) is 3.07. The molecule has 0 amide bonds. The second-order valence-corrected chi connectivity index (χ2v) is 5.17. The van der Waals surface area contributed by atoms with Crippen LogP contribution in [0, 0.1) is 0 Å². The summed E-state index contributed by atoms with van der Waals surface area (Å²) in [5.74, 6) is 1.06. The van der Waals surface area contributed by atoms with Crippen LogP contribution in [0.3, 0.4) is 0 Å². The molecule has 3 nitrogen and oxygen atoms in total. The average Bonchev–Trinajstić information content (AvgIpc) is 2.78. The van der Waals surface area contributed by atoms with Crippen molar-refractivity contribution in [1.82, 2.24) is 10.1 Å². The summed E-state index contributed by atoms with van der Waals surface area (Å²) in [4.78, 5) is 4.31. The molecule has 0 spiro atoms. The van der Waals surface area contributed by atoms with Crippen LogP contribution in [0.5, 0.6) is 0 Å². The van der Waals surface area contributed by atoms with Crippen molar-refractivity contribution in [3.63, 3.8) is 0 Å². The van der Waals surface area contributed by atoms with E-state index in [1.54, 1.807) is 0 Å². The van der Waals surface area contributed by atoms with Gasteiger partial charge in [0.2, 0.25) is 0 Å². The maximum atomic E-state index is 6.14. The van der Waals surface area contributed by atoms with Crippen LogP contribution in [0.15, 0.2) is 33.3 Å². The average molecular weight is 316 g/mol. The Balaban J connectivity index is 2.23. The highest BCUT2D eigenvalue weighted by Gasteiger charge is 2.15. The summed E-state index contributed by atoms with van der Waals surface area (Å²) in [6, 6.07) is 7.72. The molecule has 90 valence electrons. The van der Waals surface area contributed by atoms with E-state index < -0.39 is 0 Å². The van der Waals surface area contributed by atoms with Crippen LogP contribution in [0.1, 0.15) is 31.0 Å². The monoisotopic (exact) mass is 314 g/mol. The maximum Gasteiger partial charge on any atom is 0.258 e. The van der Waals surface area contributed by atoms with Crippen molar-refractivity contribution in [1.29, 1.82) is 0 Å². The fraction of sp³-hybridized carbons (Fsp3) is 0.333. The lowest BCUT2D eigenvalue weighted by atomic mass is 10.2. The summed E-state index contributed by atoms with van der Waals surface area (Å²) in [6.45, 7) is 2.07. The van der Waals surface area contributed by atoms with Gasteiger partial charge in [-0.3, -0.25) is 0 Å². The Hall–Kier alpha value is -0.870. The third-order valence-corrected chi connectivity index (χ3v) is 3.24. The van der Waals surface area contributed by atoms with Crippen molar-refractivity contribution in [3.8, 4) is 11.5 Å². The van der Waals surface area contributed by atoms with Crippen molar-refractivity contribution >= 4 is 27.5 Å². The topological polar surface area (TPSA) is 38.9 Å². The van der Waals surface area contributed by atoms with Crippen LogP contribution < -0.4 is 0 Å². The maximum absolute atomic E-state index is 6.14. The van der Waals surface area contributed by atoms with Crippen LogP contribution >= 0.6 is 27.5 Å². The van der Waals surface area contributed by atoms with Gasteiger partial charge in [0.15, 0.2) is 5.82 Å². The van der Waals surface area contributed by atoms with E-state index in [1.807, 2.05) is 24.3 Å². The number of aromatic nitrogens is 2. The second kappa shape index (κ2) is 5.65. The highest BCUT2D eigenvalue weighted by atomic mass is 79.9. The molecule has 0 fully saturated rings. The third-order valence-electron chi connectivity index (χ3n) is 2.34. The molecule has 0 aliphatic heterocycles. The number of rotatable bonds is 4. The molecule has 0 aliphatic carbocycles. The zero-order valence-corrected chi connectivity index (χ0v) is 11.7. The van der Waals surface area contributed by atoms with Gasteiger partial charge < -0.3 is 4.52 Å².